The molecule has 2 heterocycles. The highest BCUT2D eigenvalue weighted by atomic mass is 35.5. The lowest BCUT2D eigenvalue weighted by atomic mass is 9.90. The predicted molar refractivity (Wildman–Crippen MR) is 66.6 cm³/mol. The molecular weight excluding hydrogens is 262 g/mol. The number of amides is 1. The van der Waals surface area contributed by atoms with Gasteiger partial charge in [0.05, 0.1) is 10.4 Å². The summed E-state index contributed by atoms with van der Waals surface area (Å²) in [5, 5.41) is 19.0. The third-order valence-electron chi connectivity index (χ3n) is 3.14. The third kappa shape index (κ3) is 2.91. The zero-order chi connectivity index (χ0) is 12.4. The lowest BCUT2D eigenvalue weighted by molar-refractivity contribution is 0.0595. The van der Waals surface area contributed by atoms with Crippen LogP contribution >= 0.6 is 22.9 Å². The minimum Gasteiger partial charge on any atom is -0.465 e. The molecule has 0 aliphatic carbocycles. The van der Waals surface area contributed by atoms with Crippen LogP contribution in [0.1, 0.15) is 23.8 Å². The first-order valence-electron chi connectivity index (χ1n) is 5.49. The van der Waals surface area contributed by atoms with E-state index in [1.54, 1.807) is 6.07 Å². The fraction of sp³-hybridized carbons (Fsp3) is 0.545. The number of piperidine rings is 1. The average molecular weight is 276 g/mol. The van der Waals surface area contributed by atoms with Crippen LogP contribution in [0.3, 0.4) is 0 Å². The number of aliphatic hydroxyl groups excluding tert-OH is 1. The first-order valence-corrected chi connectivity index (χ1v) is 6.68. The van der Waals surface area contributed by atoms with E-state index in [1.807, 2.05) is 6.07 Å². The van der Waals surface area contributed by atoms with Crippen molar-refractivity contribution in [2.24, 2.45) is 5.92 Å². The van der Waals surface area contributed by atoms with E-state index in [-0.39, 0.29) is 5.92 Å². The molecule has 0 bridgehead atoms. The van der Waals surface area contributed by atoms with Gasteiger partial charge in [0.1, 0.15) is 0 Å². The number of thiophene rings is 1. The minimum absolute atomic E-state index is 0.125. The van der Waals surface area contributed by atoms with Gasteiger partial charge in [0.2, 0.25) is 0 Å². The topological polar surface area (TPSA) is 60.8 Å². The Morgan fingerprint density at radius 1 is 1.47 bits per heavy atom. The number of hydrogen-bond acceptors (Lipinski definition) is 3. The molecule has 4 nitrogen and oxygen atoms in total. The zero-order valence-corrected chi connectivity index (χ0v) is 10.7. The largest absolute Gasteiger partial charge is 0.465 e. The van der Waals surface area contributed by atoms with E-state index < -0.39 is 12.2 Å². The molecule has 1 aliphatic rings. The highest BCUT2D eigenvalue weighted by Crippen LogP contribution is 2.35. The summed E-state index contributed by atoms with van der Waals surface area (Å²) < 4.78 is 0.669. The summed E-state index contributed by atoms with van der Waals surface area (Å²) >= 11 is 7.21. The van der Waals surface area contributed by atoms with E-state index in [2.05, 4.69) is 0 Å². The second-order valence-corrected chi connectivity index (χ2v) is 5.94. The molecule has 1 amide bonds. The molecule has 2 N–H and O–H groups in total. The summed E-state index contributed by atoms with van der Waals surface area (Å²) in [7, 11) is 0. The summed E-state index contributed by atoms with van der Waals surface area (Å²) in [6, 6.07) is 3.61. The molecule has 0 saturated carbocycles. The van der Waals surface area contributed by atoms with Crippen molar-refractivity contribution < 1.29 is 15.0 Å². The average Bonchev–Trinajstić information content (AvgIpc) is 2.75. The molecule has 94 valence electrons. The van der Waals surface area contributed by atoms with Gasteiger partial charge >= 0.3 is 6.09 Å². The van der Waals surface area contributed by atoms with Gasteiger partial charge in [-0.25, -0.2) is 4.79 Å². The Morgan fingerprint density at radius 2 is 2.12 bits per heavy atom. The highest BCUT2D eigenvalue weighted by Gasteiger charge is 2.28. The lowest BCUT2D eigenvalue weighted by Crippen LogP contribution is -2.38. The molecule has 17 heavy (non-hydrogen) atoms. The standard InChI is InChI=1S/C11H14ClNO3S/c12-9-2-1-8(17-9)10(14)7-3-5-13(6-4-7)11(15)16/h1-2,7,10,14H,3-6H2,(H,15,16). The fourth-order valence-electron chi connectivity index (χ4n) is 2.13. The number of nitrogens with zero attached hydrogens (tertiary/aromatic N) is 1. The van der Waals surface area contributed by atoms with E-state index in [1.165, 1.54) is 16.2 Å². The van der Waals surface area contributed by atoms with Gasteiger partial charge in [-0.15, -0.1) is 11.3 Å². The molecule has 1 fully saturated rings. The van der Waals surface area contributed by atoms with Crippen LogP contribution in [0.2, 0.25) is 4.34 Å². The van der Waals surface area contributed by atoms with Gasteiger partial charge in [-0.3, -0.25) is 0 Å². The predicted octanol–water partition coefficient (Wildman–Crippen LogP) is 2.82. The molecule has 2 rings (SSSR count). The quantitative estimate of drug-likeness (QED) is 0.872. The highest BCUT2D eigenvalue weighted by molar-refractivity contribution is 7.16. The van der Waals surface area contributed by atoms with Gasteiger partial charge in [0.25, 0.3) is 0 Å². The smallest absolute Gasteiger partial charge is 0.407 e. The van der Waals surface area contributed by atoms with Gasteiger partial charge in [0.15, 0.2) is 0 Å². The maximum Gasteiger partial charge on any atom is 0.407 e. The molecule has 0 spiro atoms. The fourth-order valence-corrected chi connectivity index (χ4v) is 3.27. The van der Waals surface area contributed by atoms with Crippen molar-refractivity contribution in [1.29, 1.82) is 0 Å². The van der Waals surface area contributed by atoms with E-state index >= 15 is 0 Å². The van der Waals surface area contributed by atoms with Crippen molar-refractivity contribution in [3.8, 4) is 0 Å². The SMILES string of the molecule is O=C(O)N1CCC(C(O)c2ccc(Cl)s2)CC1. The van der Waals surface area contributed by atoms with Crippen molar-refractivity contribution in [2.75, 3.05) is 13.1 Å². The maximum atomic E-state index is 10.8. The maximum absolute atomic E-state index is 10.8. The van der Waals surface area contributed by atoms with Crippen LogP contribution in [0.5, 0.6) is 0 Å². The van der Waals surface area contributed by atoms with Crippen molar-refractivity contribution in [1.82, 2.24) is 4.90 Å². The van der Waals surface area contributed by atoms with Crippen LogP contribution in [0.25, 0.3) is 0 Å². The summed E-state index contributed by atoms with van der Waals surface area (Å²) in [4.78, 5) is 13.0. The molecule has 0 aromatic carbocycles. The zero-order valence-electron chi connectivity index (χ0n) is 9.17. The number of likely N-dealkylation sites (tertiary alicyclic amines) is 1. The third-order valence-corrected chi connectivity index (χ3v) is 4.44. The van der Waals surface area contributed by atoms with Crippen molar-refractivity contribution in [3.05, 3.63) is 21.3 Å². The summed E-state index contributed by atoms with van der Waals surface area (Å²) in [5.74, 6) is 0.125. The molecule has 1 atom stereocenters. The first-order chi connectivity index (χ1) is 8.08. The molecule has 1 aromatic heterocycles. The van der Waals surface area contributed by atoms with Crippen LogP contribution < -0.4 is 0 Å². The molecule has 1 unspecified atom stereocenters. The van der Waals surface area contributed by atoms with E-state index in [9.17, 15) is 9.90 Å². The number of carbonyl (C=O) groups is 1. The van der Waals surface area contributed by atoms with Crippen LogP contribution in [0.15, 0.2) is 12.1 Å². The summed E-state index contributed by atoms with van der Waals surface area (Å²) in [6.45, 7) is 0.992. The Bertz CT molecular complexity index is 401. The lowest BCUT2D eigenvalue weighted by Gasteiger charge is -2.32. The van der Waals surface area contributed by atoms with Gasteiger partial charge < -0.3 is 15.1 Å². The Balaban J connectivity index is 1.94. The molecule has 1 saturated heterocycles. The summed E-state index contributed by atoms with van der Waals surface area (Å²) in [6.07, 6.45) is -0.00745. The Kier molecular flexibility index (Phi) is 3.91. The van der Waals surface area contributed by atoms with Crippen molar-refractivity contribution >= 4 is 29.0 Å². The number of hydrogen-bond donors (Lipinski definition) is 2. The first kappa shape index (κ1) is 12.7. The van der Waals surface area contributed by atoms with Gasteiger partial charge in [0, 0.05) is 18.0 Å². The Hall–Kier alpha value is -0.780. The monoisotopic (exact) mass is 275 g/mol. The van der Waals surface area contributed by atoms with Crippen LogP contribution in [0.4, 0.5) is 4.79 Å². The van der Waals surface area contributed by atoms with Crippen LogP contribution in [-0.2, 0) is 0 Å². The number of halogens is 1. The number of rotatable bonds is 2. The van der Waals surface area contributed by atoms with Gasteiger partial charge in [-0.2, -0.15) is 0 Å². The van der Waals surface area contributed by atoms with Crippen LogP contribution in [0, 0.1) is 5.92 Å². The van der Waals surface area contributed by atoms with E-state index in [0.29, 0.717) is 30.3 Å². The normalized spacial score (nSPS) is 19.3. The second kappa shape index (κ2) is 5.25. The van der Waals surface area contributed by atoms with Gasteiger partial charge in [-0.1, -0.05) is 11.6 Å². The minimum atomic E-state index is -0.878. The molecule has 1 aromatic rings. The van der Waals surface area contributed by atoms with Crippen molar-refractivity contribution in [3.63, 3.8) is 0 Å². The molecule has 6 heteroatoms. The Morgan fingerprint density at radius 3 is 2.59 bits per heavy atom. The number of carboxylic acid groups (broad SMARTS) is 1. The Labute approximate surface area is 108 Å². The molecular formula is C11H14ClNO3S. The summed E-state index contributed by atoms with van der Waals surface area (Å²) in [5.41, 5.74) is 0. The van der Waals surface area contributed by atoms with Crippen LogP contribution in [-0.4, -0.2) is 34.3 Å². The van der Waals surface area contributed by atoms with E-state index in [4.69, 9.17) is 16.7 Å². The second-order valence-electron chi connectivity index (χ2n) is 4.19. The molecule has 0 radical (unpaired) electrons. The van der Waals surface area contributed by atoms with Crippen molar-refractivity contribution in [2.45, 2.75) is 18.9 Å². The van der Waals surface area contributed by atoms with E-state index in [0.717, 1.165) is 4.88 Å². The van der Waals surface area contributed by atoms with Gasteiger partial charge in [-0.05, 0) is 30.9 Å². The number of aliphatic hydroxyl groups is 1. The molecule has 1 aliphatic heterocycles.